The predicted octanol–water partition coefficient (Wildman–Crippen LogP) is -0.0509. The first-order chi connectivity index (χ1) is 7.95. The molecule has 2 atom stereocenters. The van der Waals surface area contributed by atoms with Crippen molar-refractivity contribution in [3.05, 3.63) is 0 Å². The van der Waals surface area contributed by atoms with Crippen molar-refractivity contribution in [2.45, 2.75) is 31.8 Å². The van der Waals surface area contributed by atoms with Crippen molar-refractivity contribution in [3.8, 4) is 0 Å². The fourth-order valence-corrected chi connectivity index (χ4v) is 2.67. The van der Waals surface area contributed by atoms with Gasteiger partial charge in [-0.2, -0.15) is 0 Å². The number of amides is 2. The second-order valence-corrected chi connectivity index (χ2v) is 5.03. The van der Waals surface area contributed by atoms with Crippen LogP contribution in [-0.4, -0.2) is 64.7 Å². The topological polar surface area (TPSA) is 72.9 Å². The molecule has 0 bridgehead atoms. The van der Waals surface area contributed by atoms with E-state index in [0.717, 1.165) is 6.54 Å². The molecule has 6 nitrogen and oxygen atoms in total. The Labute approximate surface area is 101 Å². The van der Waals surface area contributed by atoms with Crippen molar-refractivity contribution < 1.29 is 14.7 Å². The summed E-state index contributed by atoms with van der Waals surface area (Å²) in [5, 5.41) is 12.0. The van der Waals surface area contributed by atoms with Crippen molar-refractivity contribution in [1.82, 2.24) is 15.1 Å². The summed E-state index contributed by atoms with van der Waals surface area (Å²) in [7, 11) is 0. The highest BCUT2D eigenvalue weighted by Gasteiger charge is 2.50. The van der Waals surface area contributed by atoms with Gasteiger partial charge < -0.3 is 20.2 Å². The number of nitrogens with zero attached hydrogens (tertiary/aromatic N) is 2. The van der Waals surface area contributed by atoms with Crippen LogP contribution in [0.5, 0.6) is 0 Å². The van der Waals surface area contributed by atoms with Crippen LogP contribution in [0.15, 0.2) is 0 Å². The van der Waals surface area contributed by atoms with E-state index < -0.39 is 5.97 Å². The van der Waals surface area contributed by atoms with Crippen LogP contribution in [0.25, 0.3) is 0 Å². The molecule has 96 valence electrons. The van der Waals surface area contributed by atoms with Crippen LogP contribution >= 0.6 is 0 Å². The average molecular weight is 241 g/mol. The van der Waals surface area contributed by atoms with Gasteiger partial charge in [0, 0.05) is 32.2 Å². The third-order valence-electron chi connectivity index (χ3n) is 3.94. The summed E-state index contributed by atoms with van der Waals surface area (Å²) in [5.41, 5.74) is -0.214. The molecule has 2 N–H and O–H groups in total. The van der Waals surface area contributed by atoms with Gasteiger partial charge >= 0.3 is 12.0 Å². The molecule has 0 saturated carbocycles. The van der Waals surface area contributed by atoms with Gasteiger partial charge in [-0.3, -0.25) is 4.79 Å². The minimum absolute atomic E-state index is 0.0114. The van der Waals surface area contributed by atoms with Gasteiger partial charge in [-0.25, -0.2) is 4.79 Å². The summed E-state index contributed by atoms with van der Waals surface area (Å²) in [5.74, 6) is -0.862. The summed E-state index contributed by atoms with van der Waals surface area (Å²) in [6.45, 7) is 6.53. The first-order valence-electron chi connectivity index (χ1n) is 5.97. The third kappa shape index (κ3) is 1.97. The van der Waals surface area contributed by atoms with Crippen LogP contribution in [-0.2, 0) is 4.79 Å². The zero-order valence-corrected chi connectivity index (χ0v) is 10.3. The molecule has 0 aromatic carbocycles. The fraction of sp³-hybridized carbons (Fsp3) is 0.818. The average Bonchev–Trinajstić information content (AvgIpc) is 2.51. The zero-order valence-electron chi connectivity index (χ0n) is 10.3. The summed E-state index contributed by atoms with van der Waals surface area (Å²) in [6.07, 6.45) is 0.0114. The number of carbonyl (C=O) groups excluding carboxylic acids is 1. The Morgan fingerprint density at radius 3 is 2.94 bits per heavy atom. The molecule has 0 aliphatic carbocycles. The second kappa shape index (κ2) is 4.18. The summed E-state index contributed by atoms with van der Waals surface area (Å²) in [6, 6.07) is 0.206. The number of fused-ring (bicyclic) bond motifs is 1. The maximum Gasteiger partial charge on any atom is 0.320 e. The van der Waals surface area contributed by atoms with Gasteiger partial charge in [-0.1, -0.05) is 0 Å². The Balaban J connectivity index is 2.09. The number of rotatable bonds is 3. The molecule has 0 aromatic heterocycles. The molecule has 2 heterocycles. The lowest BCUT2D eigenvalue weighted by molar-refractivity contribution is -0.137. The maximum atomic E-state index is 12.1. The summed E-state index contributed by atoms with van der Waals surface area (Å²) >= 11 is 0. The molecule has 0 spiro atoms. The number of carbonyl (C=O) groups is 2. The van der Waals surface area contributed by atoms with Gasteiger partial charge in [0.1, 0.15) is 0 Å². The largest absolute Gasteiger partial charge is 0.481 e. The smallest absolute Gasteiger partial charge is 0.320 e. The van der Waals surface area contributed by atoms with Gasteiger partial charge in [-0.15, -0.1) is 0 Å². The summed E-state index contributed by atoms with van der Waals surface area (Å²) in [4.78, 5) is 26.2. The van der Waals surface area contributed by atoms with Crippen LogP contribution < -0.4 is 5.32 Å². The van der Waals surface area contributed by atoms with Crippen LogP contribution in [0.1, 0.15) is 20.3 Å². The Morgan fingerprint density at radius 2 is 2.35 bits per heavy atom. The highest BCUT2D eigenvalue weighted by atomic mass is 16.4. The van der Waals surface area contributed by atoms with E-state index in [0.29, 0.717) is 19.6 Å². The lowest BCUT2D eigenvalue weighted by Crippen LogP contribution is -2.63. The predicted molar refractivity (Wildman–Crippen MR) is 61.8 cm³/mol. The first kappa shape index (κ1) is 12.2. The van der Waals surface area contributed by atoms with E-state index in [1.54, 1.807) is 4.90 Å². The van der Waals surface area contributed by atoms with E-state index in [-0.39, 0.29) is 24.0 Å². The van der Waals surface area contributed by atoms with Crippen molar-refractivity contribution in [3.63, 3.8) is 0 Å². The molecule has 2 fully saturated rings. The van der Waals surface area contributed by atoms with E-state index >= 15 is 0 Å². The van der Waals surface area contributed by atoms with Crippen LogP contribution in [0, 0.1) is 0 Å². The monoisotopic (exact) mass is 241 g/mol. The number of urea groups is 1. The number of carboxylic acid groups (broad SMARTS) is 1. The van der Waals surface area contributed by atoms with Crippen LogP contribution in [0.4, 0.5) is 4.79 Å². The molecular weight excluding hydrogens is 222 g/mol. The molecule has 2 aliphatic rings. The molecular formula is C11H19N3O3. The molecule has 17 heavy (non-hydrogen) atoms. The second-order valence-electron chi connectivity index (χ2n) is 5.03. The lowest BCUT2D eigenvalue weighted by Gasteiger charge is -2.43. The van der Waals surface area contributed by atoms with E-state index in [9.17, 15) is 9.59 Å². The van der Waals surface area contributed by atoms with Gasteiger partial charge in [0.05, 0.1) is 12.0 Å². The lowest BCUT2D eigenvalue weighted by atomic mass is 9.90. The molecule has 2 saturated heterocycles. The minimum Gasteiger partial charge on any atom is -0.481 e. The quantitative estimate of drug-likeness (QED) is 0.726. The summed E-state index contributed by atoms with van der Waals surface area (Å²) < 4.78 is 0. The Hall–Kier alpha value is -1.30. The molecule has 0 unspecified atom stereocenters. The molecule has 6 heteroatoms. The molecule has 0 radical (unpaired) electrons. The molecule has 2 aliphatic heterocycles. The Morgan fingerprint density at radius 1 is 1.65 bits per heavy atom. The fourth-order valence-electron chi connectivity index (χ4n) is 2.67. The highest BCUT2D eigenvalue weighted by molar-refractivity contribution is 5.79. The van der Waals surface area contributed by atoms with Gasteiger partial charge in [-0.05, 0) is 13.8 Å². The van der Waals surface area contributed by atoms with Crippen molar-refractivity contribution >= 4 is 12.0 Å². The van der Waals surface area contributed by atoms with E-state index in [2.05, 4.69) is 19.2 Å². The number of carboxylic acids is 1. The van der Waals surface area contributed by atoms with Crippen molar-refractivity contribution in [2.75, 3.05) is 26.2 Å². The third-order valence-corrected chi connectivity index (χ3v) is 3.94. The van der Waals surface area contributed by atoms with E-state index in [1.165, 1.54) is 0 Å². The SMILES string of the molecule is C[C@H]1NCCN2C(=O)N(CCC(=O)O)C[C@@]12C. The number of nitrogens with one attached hydrogen (secondary N) is 1. The number of hydrogen-bond acceptors (Lipinski definition) is 3. The zero-order chi connectivity index (χ0) is 12.6. The Bertz CT molecular complexity index is 347. The van der Waals surface area contributed by atoms with Gasteiger partial charge in [0.2, 0.25) is 0 Å². The first-order valence-corrected chi connectivity index (χ1v) is 5.97. The van der Waals surface area contributed by atoms with Crippen LogP contribution in [0.2, 0.25) is 0 Å². The number of hydrogen-bond donors (Lipinski definition) is 2. The van der Waals surface area contributed by atoms with Gasteiger partial charge in [0.15, 0.2) is 0 Å². The molecule has 2 rings (SSSR count). The van der Waals surface area contributed by atoms with Crippen LogP contribution in [0.3, 0.4) is 0 Å². The van der Waals surface area contributed by atoms with Gasteiger partial charge in [0.25, 0.3) is 0 Å². The Kier molecular flexibility index (Phi) is 2.99. The molecule has 2 amide bonds. The standard InChI is InChI=1S/C11H19N3O3/c1-8-11(2)7-13(5-3-9(15)16)10(17)14(11)6-4-12-8/h8,12H,3-7H2,1-2H3,(H,15,16)/t8-,11+/m1/s1. The normalized spacial score (nSPS) is 32.8. The molecule has 0 aromatic rings. The van der Waals surface area contributed by atoms with Crippen molar-refractivity contribution in [1.29, 1.82) is 0 Å². The van der Waals surface area contributed by atoms with E-state index in [4.69, 9.17) is 5.11 Å². The minimum atomic E-state index is -0.862. The maximum absolute atomic E-state index is 12.1. The number of piperazine rings is 1. The van der Waals surface area contributed by atoms with E-state index in [1.807, 2.05) is 4.90 Å². The van der Waals surface area contributed by atoms with Crippen molar-refractivity contribution in [2.24, 2.45) is 0 Å². The number of aliphatic carboxylic acids is 1. The highest BCUT2D eigenvalue weighted by Crippen LogP contribution is 2.31.